The monoisotopic (exact) mass is 803 g/mol. The number of aliphatic carboxylic acids is 3. The van der Waals surface area contributed by atoms with E-state index in [-0.39, 0.29) is 83.1 Å². The van der Waals surface area contributed by atoms with Crippen LogP contribution in [0.3, 0.4) is 0 Å². The Bertz CT molecular complexity index is 1160. The maximum atomic E-state index is 13.3. The van der Waals surface area contributed by atoms with Gasteiger partial charge in [-0.15, -0.1) is 0 Å². The van der Waals surface area contributed by atoms with E-state index in [1.54, 1.807) is 14.1 Å². The first-order valence-corrected chi connectivity index (χ1v) is 19.9. The Kier molecular flexibility index (Phi) is 29.8. The van der Waals surface area contributed by atoms with Crippen LogP contribution in [0.4, 0.5) is 4.79 Å². The van der Waals surface area contributed by atoms with E-state index in [9.17, 15) is 48.9 Å². The van der Waals surface area contributed by atoms with Crippen LogP contribution in [-0.4, -0.2) is 186 Å². The average Bonchev–Trinajstić information content (AvgIpc) is 3.11. The minimum atomic E-state index is -1.48. The zero-order valence-corrected chi connectivity index (χ0v) is 34.2. The molecular formula is C38H69N5O13. The lowest BCUT2D eigenvalue weighted by atomic mass is 10.1. The molecule has 0 aromatic rings. The fraction of sp³-hybridized carbons (Fsp3) is 0.816. The Balaban J connectivity index is 5.45. The zero-order chi connectivity index (χ0) is 42.3. The summed E-state index contributed by atoms with van der Waals surface area (Å²) >= 11 is 0. The summed E-state index contributed by atoms with van der Waals surface area (Å²) in [5.41, 5.74) is 0. The number of ether oxygens (including phenoxy) is 2. The molecule has 18 heteroatoms. The van der Waals surface area contributed by atoms with Crippen LogP contribution >= 0.6 is 0 Å². The predicted molar refractivity (Wildman–Crippen MR) is 207 cm³/mol. The summed E-state index contributed by atoms with van der Waals surface area (Å²) in [6.45, 7) is 2.35. The van der Waals surface area contributed by atoms with Crippen molar-refractivity contribution in [1.29, 1.82) is 0 Å². The number of carbonyl (C=O) groups excluding carboxylic acids is 3. The van der Waals surface area contributed by atoms with Gasteiger partial charge in [-0.05, 0) is 19.9 Å². The molecule has 1 unspecified atom stereocenters. The van der Waals surface area contributed by atoms with E-state index >= 15 is 0 Å². The Morgan fingerprint density at radius 3 is 1.54 bits per heavy atom. The molecule has 324 valence electrons. The SMILES string of the molecule is CCCCCCCCC(=O)OCC(CN(C)CCN(C)C(=O)CN(CCN(CC(=O)O)CC(=O)O)CCN(CC(=O)O)C(=O)O)OC(=O)CCCCCCCC. The van der Waals surface area contributed by atoms with Gasteiger partial charge in [-0.1, -0.05) is 78.1 Å². The number of rotatable bonds is 36. The third kappa shape index (κ3) is 29.3. The lowest BCUT2D eigenvalue weighted by Crippen LogP contribution is -2.48. The highest BCUT2D eigenvalue weighted by molar-refractivity contribution is 5.78. The van der Waals surface area contributed by atoms with E-state index in [2.05, 4.69) is 13.8 Å². The number of carboxylic acid groups (broad SMARTS) is 4. The fourth-order valence-electron chi connectivity index (χ4n) is 5.74. The second-order valence-electron chi connectivity index (χ2n) is 14.3. The van der Waals surface area contributed by atoms with Gasteiger partial charge in [0.2, 0.25) is 5.91 Å². The minimum Gasteiger partial charge on any atom is -0.480 e. The number of hydrogen-bond acceptors (Lipinski definition) is 12. The molecule has 0 radical (unpaired) electrons. The first-order chi connectivity index (χ1) is 26.6. The normalized spacial score (nSPS) is 11.8. The number of hydrogen-bond donors (Lipinski definition) is 4. The van der Waals surface area contributed by atoms with E-state index in [1.165, 1.54) is 16.2 Å². The molecule has 0 aromatic carbocycles. The van der Waals surface area contributed by atoms with E-state index in [4.69, 9.17) is 14.6 Å². The molecule has 56 heavy (non-hydrogen) atoms. The van der Waals surface area contributed by atoms with Crippen molar-refractivity contribution in [3.8, 4) is 0 Å². The van der Waals surface area contributed by atoms with E-state index < -0.39 is 49.7 Å². The van der Waals surface area contributed by atoms with Crippen LogP contribution in [0.5, 0.6) is 0 Å². The van der Waals surface area contributed by atoms with Gasteiger partial charge in [-0.25, -0.2) is 4.79 Å². The van der Waals surface area contributed by atoms with Gasteiger partial charge in [0.15, 0.2) is 0 Å². The van der Waals surface area contributed by atoms with Crippen molar-refractivity contribution >= 4 is 41.8 Å². The van der Waals surface area contributed by atoms with Gasteiger partial charge in [0.1, 0.15) is 19.3 Å². The number of likely N-dealkylation sites (N-methyl/N-ethyl adjacent to an activating group) is 2. The van der Waals surface area contributed by atoms with Gasteiger partial charge in [0.05, 0.1) is 19.6 Å². The van der Waals surface area contributed by atoms with Crippen LogP contribution in [0.25, 0.3) is 0 Å². The Morgan fingerprint density at radius 2 is 1.02 bits per heavy atom. The van der Waals surface area contributed by atoms with Crippen LogP contribution in [0.1, 0.15) is 104 Å². The summed E-state index contributed by atoms with van der Waals surface area (Å²) in [6, 6.07) is 0. The topological polar surface area (TPSA) is 235 Å². The molecule has 1 atom stereocenters. The predicted octanol–water partition coefficient (Wildman–Crippen LogP) is 3.17. The highest BCUT2D eigenvalue weighted by Gasteiger charge is 2.23. The van der Waals surface area contributed by atoms with Crippen molar-refractivity contribution in [2.75, 3.05) is 92.7 Å². The van der Waals surface area contributed by atoms with Gasteiger partial charge < -0.3 is 39.7 Å². The maximum absolute atomic E-state index is 13.3. The van der Waals surface area contributed by atoms with Crippen LogP contribution in [0.2, 0.25) is 0 Å². The van der Waals surface area contributed by atoms with Crippen molar-refractivity contribution in [1.82, 2.24) is 24.5 Å². The summed E-state index contributed by atoms with van der Waals surface area (Å²) in [4.78, 5) is 90.5. The second-order valence-corrected chi connectivity index (χ2v) is 14.3. The first kappa shape index (κ1) is 52.0. The number of esters is 2. The van der Waals surface area contributed by atoms with E-state index in [1.807, 2.05) is 4.90 Å². The first-order valence-electron chi connectivity index (χ1n) is 19.9. The van der Waals surface area contributed by atoms with Crippen LogP contribution in [0.15, 0.2) is 0 Å². The summed E-state index contributed by atoms with van der Waals surface area (Å²) in [7, 11) is 3.34. The van der Waals surface area contributed by atoms with Crippen molar-refractivity contribution in [3.05, 3.63) is 0 Å². The molecular weight excluding hydrogens is 734 g/mol. The summed E-state index contributed by atoms with van der Waals surface area (Å²) in [6.07, 6.45) is 10.6. The smallest absolute Gasteiger partial charge is 0.407 e. The van der Waals surface area contributed by atoms with Crippen LogP contribution < -0.4 is 0 Å². The van der Waals surface area contributed by atoms with Crippen LogP contribution in [0, 0.1) is 0 Å². The lowest BCUT2D eigenvalue weighted by molar-refractivity contribution is -0.160. The van der Waals surface area contributed by atoms with Crippen molar-refractivity contribution in [2.24, 2.45) is 0 Å². The molecule has 0 saturated carbocycles. The number of carboxylic acids is 3. The Morgan fingerprint density at radius 1 is 0.536 bits per heavy atom. The molecule has 0 fully saturated rings. The maximum Gasteiger partial charge on any atom is 0.407 e. The molecule has 0 aliphatic rings. The number of nitrogens with zero attached hydrogens (tertiary/aromatic N) is 5. The second kappa shape index (κ2) is 32.1. The summed E-state index contributed by atoms with van der Waals surface area (Å²) in [5, 5.41) is 36.9. The largest absolute Gasteiger partial charge is 0.480 e. The van der Waals surface area contributed by atoms with E-state index in [0.717, 1.165) is 69.1 Å². The summed E-state index contributed by atoms with van der Waals surface area (Å²) < 4.78 is 11.3. The molecule has 0 bridgehead atoms. The Labute approximate surface area is 332 Å². The van der Waals surface area contributed by atoms with Crippen molar-refractivity contribution in [2.45, 2.75) is 110 Å². The molecule has 0 spiro atoms. The molecule has 0 aliphatic carbocycles. The lowest BCUT2D eigenvalue weighted by Gasteiger charge is -2.30. The molecule has 0 aromatic heterocycles. The van der Waals surface area contributed by atoms with E-state index in [0.29, 0.717) is 17.9 Å². The highest BCUT2D eigenvalue weighted by Crippen LogP contribution is 2.11. The molecule has 0 heterocycles. The quantitative estimate of drug-likeness (QED) is 0.0526. The van der Waals surface area contributed by atoms with Crippen molar-refractivity contribution in [3.63, 3.8) is 0 Å². The molecule has 0 aliphatic heterocycles. The third-order valence-electron chi connectivity index (χ3n) is 9.05. The highest BCUT2D eigenvalue weighted by atomic mass is 16.6. The third-order valence-corrected chi connectivity index (χ3v) is 9.05. The Hall–Kier alpha value is -4.03. The standard InChI is InChI=1S/C38H69N5O13/c1-5-7-9-11-13-15-17-36(51)55-30-31(56-37(52)18-16-14-12-10-8-6-2)25-39(3)19-20-40(4)32(44)26-41(23-24-43(38(53)54)29-35(49)50)21-22-42(27-33(45)46)28-34(47)48/h31H,5-30H2,1-4H3,(H,45,46)(H,47,48)(H,49,50)(H,53,54). The number of carbonyl (C=O) groups is 7. The molecule has 4 N–H and O–H groups in total. The van der Waals surface area contributed by atoms with Gasteiger partial charge >= 0.3 is 35.9 Å². The van der Waals surface area contributed by atoms with Gasteiger partial charge in [-0.2, -0.15) is 0 Å². The van der Waals surface area contributed by atoms with Gasteiger partial charge in [0.25, 0.3) is 0 Å². The van der Waals surface area contributed by atoms with Gasteiger partial charge in [0, 0.05) is 65.7 Å². The molecule has 18 nitrogen and oxygen atoms in total. The average molecular weight is 804 g/mol. The fourth-order valence-corrected chi connectivity index (χ4v) is 5.74. The molecule has 0 rings (SSSR count). The van der Waals surface area contributed by atoms with Crippen LogP contribution in [-0.2, 0) is 38.2 Å². The minimum absolute atomic E-state index is 0.00998. The molecule has 2 amide bonds. The number of unbranched alkanes of at least 4 members (excludes halogenated alkanes) is 10. The summed E-state index contributed by atoms with van der Waals surface area (Å²) in [5.74, 6) is -4.97. The van der Waals surface area contributed by atoms with Gasteiger partial charge in [-0.3, -0.25) is 43.5 Å². The zero-order valence-electron chi connectivity index (χ0n) is 34.2. The number of amides is 2. The molecule has 0 saturated heterocycles. The van der Waals surface area contributed by atoms with Crippen molar-refractivity contribution < 1.29 is 63.5 Å².